The maximum absolute atomic E-state index is 9.63. The summed E-state index contributed by atoms with van der Waals surface area (Å²) in [6.07, 6.45) is 0. The highest BCUT2D eigenvalue weighted by atomic mass is 16.3. The number of rotatable bonds is 4. The second-order valence-electron chi connectivity index (χ2n) is 10.8. The van der Waals surface area contributed by atoms with Crippen LogP contribution in [0.2, 0.25) is 0 Å². The van der Waals surface area contributed by atoms with Gasteiger partial charge in [0.15, 0.2) is 11.6 Å². The summed E-state index contributed by atoms with van der Waals surface area (Å²) >= 11 is 0. The molecule has 238 valence electrons. The van der Waals surface area contributed by atoms with Gasteiger partial charge in [0.1, 0.15) is 22.3 Å². The standard InChI is InChI=1S/C45H26N4O2/c1-3-12-27(13-4-1)30-18-11-21-37-40(30)33-23-22-29(26-39(33)51-37)44-46-43(28-14-5-2-6-15-28)47-45(48-44)49-34-19-9-7-16-31(34)41-35(49)24-25-38-42(41)32-17-8-10-20-36(32)50-38/h1-26H/i1D,2D,3D,4D,5D,6D,7D,8D,9D,10D,11D,12D,13D,14D,15D,16D,17D,18D,19D,20D,21D,22D,23D,24D,25D,26D. The predicted octanol–water partition coefficient (Wildman–Crippen LogP) is 11.8. The fourth-order valence-corrected chi connectivity index (χ4v) is 5.99. The van der Waals surface area contributed by atoms with E-state index in [2.05, 4.69) is 15.0 Å². The Labute approximate surface area is 327 Å². The highest BCUT2D eigenvalue weighted by Crippen LogP contribution is 2.42. The second-order valence-corrected chi connectivity index (χ2v) is 10.8. The Morgan fingerprint density at radius 3 is 1.90 bits per heavy atom. The van der Waals surface area contributed by atoms with Crippen LogP contribution in [0.1, 0.15) is 35.6 Å². The molecule has 0 bridgehead atoms. The lowest BCUT2D eigenvalue weighted by molar-refractivity contribution is 0.669. The molecule has 7 aromatic carbocycles. The van der Waals surface area contributed by atoms with E-state index in [-0.39, 0.29) is 16.2 Å². The van der Waals surface area contributed by atoms with Gasteiger partial charge >= 0.3 is 0 Å². The van der Waals surface area contributed by atoms with Crippen LogP contribution in [0.25, 0.3) is 106 Å². The van der Waals surface area contributed by atoms with Crippen molar-refractivity contribution >= 4 is 65.7 Å². The van der Waals surface area contributed by atoms with Crippen molar-refractivity contribution in [2.75, 3.05) is 0 Å². The van der Waals surface area contributed by atoms with E-state index >= 15 is 0 Å². The lowest BCUT2D eigenvalue weighted by Gasteiger charge is -2.11. The van der Waals surface area contributed by atoms with Gasteiger partial charge in [0.25, 0.3) is 0 Å². The fraction of sp³-hybridized carbons (Fsp3) is 0. The maximum Gasteiger partial charge on any atom is 0.238 e. The van der Waals surface area contributed by atoms with Gasteiger partial charge in [-0.15, -0.1) is 0 Å². The lowest BCUT2D eigenvalue weighted by atomic mass is 9.99. The fourth-order valence-electron chi connectivity index (χ4n) is 5.99. The summed E-state index contributed by atoms with van der Waals surface area (Å²) in [6.45, 7) is 0. The second kappa shape index (κ2) is 10.7. The number of hydrogen-bond acceptors (Lipinski definition) is 5. The minimum absolute atomic E-state index is 0.309. The van der Waals surface area contributed by atoms with Crippen molar-refractivity contribution in [3.63, 3.8) is 0 Å². The van der Waals surface area contributed by atoms with Crippen LogP contribution in [0, 0.1) is 0 Å². The van der Waals surface area contributed by atoms with Crippen molar-refractivity contribution in [1.29, 1.82) is 0 Å². The summed E-state index contributed by atoms with van der Waals surface area (Å²) in [4.78, 5) is 13.4. The molecule has 0 unspecified atom stereocenters. The molecular weight excluding hydrogens is 629 g/mol. The molecule has 0 aliphatic carbocycles. The van der Waals surface area contributed by atoms with E-state index < -0.39 is 246 Å². The molecule has 0 radical (unpaired) electrons. The quantitative estimate of drug-likeness (QED) is 0.185. The molecule has 4 aromatic heterocycles. The summed E-state index contributed by atoms with van der Waals surface area (Å²) in [5.41, 5.74) is -6.07. The molecule has 0 amide bonds. The molecule has 0 saturated carbocycles. The van der Waals surface area contributed by atoms with Crippen molar-refractivity contribution in [2.24, 2.45) is 0 Å². The largest absolute Gasteiger partial charge is 0.456 e. The molecular formula is C45H26N4O2. The molecule has 0 aliphatic rings. The van der Waals surface area contributed by atoms with Crippen LogP contribution in [0.15, 0.2) is 166 Å². The van der Waals surface area contributed by atoms with Crippen LogP contribution in [0.5, 0.6) is 0 Å². The molecule has 0 fully saturated rings. The lowest BCUT2D eigenvalue weighted by Crippen LogP contribution is -2.06. The predicted molar refractivity (Wildman–Crippen MR) is 205 cm³/mol. The van der Waals surface area contributed by atoms with Crippen LogP contribution in [0.4, 0.5) is 0 Å². The van der Waals surface area contributed by atoms with Crippen LogP contribution < -0.4 is 0 Å². The Kier molecular flexibility index (Phi) is 2.67. The summed E-state index contributed by atoms with van der Waals surface area (Å²) in [5.74, 6) is -2.52. The van der Waals surface area contributed by atoms with Gasteiger partial charge in [0.05, 0.1) is 46.7 Å². The van der Waals surface area contributed by atoms with Gasteiger partial charge in [-0.2, -0.15) is 9.97 Å². The minimum atomic E-state index is -0.964. The normalized spacial score (nSPS) is 19.1. The van der Waals surface area contributed by atoms with Gasteiger partial charge in [0.2, 0.25) is 5.95 Å². The van der Waals surface area contributed by atoms with E-state index in [1.54, 1.807) is 0 Å². The van der Waals surface area contributed by atoms with Crippen molar-refractivity contribution in [3.05, 3.63) is 157 Å². The highest BCUT2D eigenvalue weighted by Gasteiger charge is 2.22. The van der Waals surface area contributed by atoms with Gasteiger partial charge < -0.3 is 8.83 Å². The van der Waals surface area contributed by atoms with Crippen molar-refractivity contribution in [3.8, 4) is 39.9 Å². The summed E-state index contributed by atoms with van der Waals surface area (Å²) in [6, 6.07) is -21.7. The Morgan fingerprint density at radius 1 is 0.412 bits per heavy atom. The monoisotopic (exact) mass is 680 g/mol. The van der Waals surface area contributed by atoms with Crippen LogP contribution in [-0.4, -0.2) is 19.5 Å². The third-order valence-electron chi connectivity index (χ3n) is 8.07. The number of aromatic nitrogens is 4. The number of furan rings is 2. The van der Waals surface area contributed by atoms with Gasteiger partial charge in [-0.3, -0.25) is 4.57 Å². The summed E-state index contributed by atoms with van der Waals surface area (Å²) < 4.78 is 242. The number of hydrogen-bond donors (Lipinski definition) is 0. The van der Waals surface area contributed by atoms with E-state index in [4.69, 9.17) is 34.9 Å². The minimum Gasteiger partial charge on any atom is -0.456 e. The Balaban J connectivity index is 1.35. The molecule has 6 heteroatoms. The number of fused-ring (bicyclic) bond motifs is 10. The zero-order chi connectivity index (χ0) is 56.1. The van der Waals surface area contributed by atoms with E-state index in [1.165, 1.54) is 0 Å². The zero-order valence-corrected chi connectivity index (χ0v) is 25.1. The Hall–Kier alpha value is -7.05. The first kappa shape index (κ1) is 12.7. The van der Waals surface area contributed by atoms with Crippen LogP contribution >= 0.6 is 0 Å². The van der Waals surface area contributed by atoms with Gasteiger partial charge in [-0.05, 0) is 53.4 Å². The van der Waals surface area contributed by atoms with E-state index in [0.29, 0.717) is 0 Å². The number of nitrogens with zero attached hydrogens (tertiary/aromatic N) is 4. The van der Waals surface area contributed by atoms with E-state index in [1.807, 2.05) is 0 Å². The van der Waals surface area contributed by atoms with E-state index in [9.17, 15) is 9.60 Å². The molecule has 0 saturated heterocycles. The van der Waals surface area contributed by atoms with Crippen molar-refractivity contribution in [2.45, 2.75) is 0 Å². The topological polar surface area (TPSA) is 69.9 Å². The SMILES string of the molecule is [2H]c1c([2H])c([2H])c(-c2nc(-c3c([2H])c([2H])c4c(oc5c([2H])c([2H])c([2H])c(-c6c([2H])c([2H])c([2H])c([2H])c6[2H])c54)c3[2H])nc(-n3c4c([2H])c([2H])c([2H])c([2H])c4c4c5c(oc6c([2H])c([2H])c([2H])c([2H])c65)c([2H])c([2H])c43)n2)c([2H])c1[2H]. The molecule has 0 atom stereocenters. The van der Waals surface area contributed by atoms with Gasteiger partial charge in [-0.1, -0.05) is 115 Å². The smallest absolute Gasteiger partial charge is 0.238 e. The van der Waals surface area contributed by atoms with Gasteiger partial charge in [-0.25, -0.2) is 4.98 Å². The molecule has 11 rings (SSSR count). The average molecular weight is 681 g/mol. The average Bonchev–Trinajstić information content (AvgIpc) is 4.34. The molecule has 51 heavy (non-hydrogen) atoms. The molecule has 4 heterocycles. The van der Waals surface area contributed by atoms with Crippen molar-refractivity contribution < 1.29 is 44.5 Å². The highest BCUT2D eigenvalue weighted by molar-refractivity contribution is 6.27. The molecule has 0 N–H and O–H groups in total. The first-order valence-corrected chi connectivity index (χ1v) is 14.8. The Morgan fingerprint density at radius 2 is 1.06 bits per heavy atom. The number of para-hydroxylation sites is 2. The van der Waals surface area contributed by atoms with Crippen molar-refractivity contribution in [1.82, 2.24) is 19.5 Å². The summed E-state index contributed by atoms with van der Waals surface area (Å²) in [5, 5.41) is -2.42. The third-order valence-corrected chi connectivity index (χ3v) is 8.07. The van der Waals surface area contributed by atoms with Crippen LogP contribution in [-0.2, 0) is 0 Å². The van der Waals surface area contributed by atoms with Gasteiger partial charge in [0, 0.05) is 43.4 Å². The zero-order valence-electron chi connectivity index (χ0n) is 51.1. The summed E-state index contributed by atoms with van der Waals surface area (Å²) in [7, 11) is 0. The Bertz CT molecular complexity index is 4600. The number of benzene rings is 7. The van der Waals surface area contributed by atoms with E-state index in [0.717, 1.165) is 4.57 Å². The third kappa shape index (κ3) is 4.20. The molecule has 0 spiro atoms. The first-order chi connectivity index (χ1) is 36.1. The first-order valence-electron chi connectivity index (χ1n) is 27.8. The van der Waals surface area contributed by atoms with Crippen LogP contribution in [0.3, 0.4) is 0 Å². The molecule has 6 nitrogen and oxygen atoms in total. The molecule has 0 aliphatic heterocycles. The maximum atomic E-state index is 9.63. The molecule has 11 aromatic rings.